The molecule has 2 N–H and O–H groups in total. The Morgan fingerprint density at radius 1 is 0.808 bits per heavy atom. The molecule has 5 fully saturated rings. The molecule has 0 aromatic carbocycles. The Labute approximate surface area is 312 Å². The summed E-state index contributed by atoms with van der Waals surface area (Å²) in [6.07, 6.45) is 9.97. The molecule has 0 aliphatic heterocycles. The molecule has 0 radical (unpaired) electrons. The predicted octanol–water partition coefficient (Wildman–Crippen LogP) is 7.35. The van der Waals surface area contributed by atoms with E-state index in [-0.39, 0.29) is 71.2 Å². The number of aromatic nitrogens is 2. The number of amides is 1. The highest BCUT2D eigenvalue weighted by Gasteiger charge is 2.72. The number of carbonyl (C=O) groups excluding carboxylic acids is 3. The zero-order valence-corrected chi connectivity index (χ0v) is 33.8. The third-order valence-electron chi connectivity index (χ3n) is 16.4. The Kier molecular flexibility index (Phi) is 10.3. The quantitative estimate of drug-likeness (QED) is 0.201. The van der Waals surface area contributed by atoms with Crippen LogP contribution in [0.4, 0.5) is 0 Å². The van der Waals surface area contributed by atoms with E-state index in [0.29, 0.717) is 23.7 Å². The van der Waals surface area contributed by atoms with Crippen LogP contribution in [0.15, 0.2) is 12.2 Å². The number of likely N-dealkylation sites (N-methyl/N-ethyl adjacent to an activating group) is 1. The first-order valence-electron chi connectivity index (χ1n) is 20.1. The zero-order valence-electron chi connectivity index (χ0n) is 33.8. The highest BCUT2D eigenvalue weighted by molar-refractivity contribution is 5.83. The molecule has 0 bridgehead atoms. The Morgan fingerprint density at radius 3 is 2.21 bits per heavy atom. The number of hydrogen-bond donors (Lipinski definition) is 2. The maximum atomic E-state index is 14.5. The summed E-state index contributed by atoms with van der Waals surface area (Å²) in [4.78, 5) is 48.8. The van der Waals surface area contributed by atoms with Gasteiger partial charge in [-0.05, 0) is 145 Å². The van der Waals surface area contributed by atoms with Crippen molar-refractivity contribution in [1.82, 2.24) is 20.6 Å². The highest BCUT2D eigenvalue weighted by atomic mass is 16.5. The number of carbonyl (C=O) groups is 3. The van der Waals surface area contributed by atoms with Gasteiger partial charge in [-0.3, -0.25) is 24.4 Å². The third-order valence-corrected chi connectivity index (χ3v) is 16.4. The largest absolute Gasteiger partial charge is 0.460 e. The molecule has 5 aliphatic carbocycles. The maximum absolute atomic E-state index is 14.5. The average Bonchev–Trinajstić information content (AvgIpc) is 3.48. The molecule has 9 nitrogen and oxygen atoms in total. The van der Waals surface area contributed by atoms with Crippen molar-refractivity contribution in [2.24, 2.45) is 56.7 Å². The number of nitrogens with zero attached hydrogens (tertiary/aromatic N) is 2. The lowest BCUT2D eigenvalue weighted by Gasteiger charge is -2.72. The normalized spacial score (nSPS) is 38.9. The number of nitrogens with one attached hydrogen (secondary N) is 2. The SMILES string of the molecule is C=C(C)[C@@H]1CC[C@]2(C(=O)OCc3nc(C)c(C)nc3C)CC[C@]3(C)[C@H](CC[C@@H]4[C@@]5(C)CC[C@H](OC(=O)CNC(=O)CNC)C(C)(C)[C@@H]5CC[C@]43C)[C@@H]12. The number of rotatable bonds is 9. The van der Waals surface area contributed by atoms with E-state index in [1.54, 1.807) is 7.05 Å². The number of allylic oxidation sites excluding steroid dienone is 1. The van der Waals surface area contributed by atoms with E-state index >= 15 is 0 Å². The average molecular weight is 719 g/mol. The zero-order chi connectivity index (χ0) is 38.0. The van der Waals surface area contributed by atoms with Gasteiger partial charge in [0, 0.05) is 5.41 Å². The van der Waals surface area contributed by atoms with Crippen molar-refractivity contribution in [1.29, 1.82) is 0 Å². The summed E-state index contributed by atoms with van der Waals surface area (Å²) in [7, 11) is 1.71. The summed E-state index contributed by atoms with van der Waals surface area (Å²) in [6, 6.07) is 0. The van der Waals surface area contributed by atoms with Crippen LogP contribution in [0, 0.1) is 77.4 Å². The fourth-order valence-corrected chi connectivity index (χ4v) is 13.5. The van der Waals surface area contributed by atoms with Crippen LogP contribution in [0.25, 0.3) is 0 Å². The number of esters is 2. The van der Waals surface area contributed by atoms with Crippen molar-refractivity contribution in [2.75, 3.05) is 20.1 Å². The fourth-order valence-electron chi connectivity index (χ4n) is 13.5. The maximum Gasteiger partial charge on any atom is 0.325 e. The molecular formula is C43H66N4O5. The minimum absolute atomic E-state index is 0.0399. The van der Waals surface area contributed by atoms with Crippen LogP contribution in [0.1, 0.15) is 129 Å². The van der Waals surface area contributed by atoms with E-state index in [4.69, 9.17) is 14.5 Å². The molecule has 5 saturated carbocycles. The van der Waals surface area contributed by atoms with Gasteiger partial charge in [0.25, 0.3) is 0 Å². The van der Waals surface area contributed by atoms with E-state index in [1.165, 1.54) is 5.57 Å². The van der Waals surface area contributed by atoms with Crippen LogP contribution >= 0.6 is 0 Å². The Balaban J connectivity index is 1.23. The van der Waals surface area contributed by atoms with Crippen molar-refractivity contribution in [3.05, 3.63) is 34.9 Å². The Morgan fingerprint density at radius 2 is 1.52 bits per heavy atom. The van der Waals surface area contributed by atoms with E-state index in [2.05, 4.69) is 63.7 Å². The molecule has 1 heterocycles. The summed E-state index contributed by atoms with van der Waals surface area (Å²) in [5, 5.41) is 5.49. The monoisotopic (exact) mass is 719 g/mol. The molecule has 1 aromatic heterocycles. The summed E-state index contributed by atoms with van der Waals surface area (Å²) >= 11 is 0. The summed E-state index contributed by atoms with van der Waals surface area (Å²) in [5.41, 5.74) is 4.23. The summed E-state index contributed by atoms with van der Waals surface area (Å²) < 4.78 is 12.4. The van der Waals surface area contributed by atoms with Gasteiger partial charge < -0.3 is 20.1 Å². The number of ether oxygens (including phenoxy) is 2. The topological polar surface area (TPSA) is 120 Å². The van der Waals surface area contributed by atoms with Gasteiger partial charge in [0.15, 0.2) is 0 Å². The van der Waals surface area contributed by atoms with E-state index in [9.17, 15) is 14.4 Å². The van der Waals surface area contributed by atoms with Gasteiger partial charge in [-0.15, -0.1) is 0 Å². The first-order chi connectivity index (χ1) is 24.4. The van der Waals surface area contributed by atoms with Gasteiger partial charge >= 0.3 is 11.9 Å². The van der Waals surface area contributed by atoms with Crippen molar-refractivity contribution < 1.29 is 23.9 Å². The molecule has 1 amide bonds. The lowest BCUT2D eigenvalue weighted by molar-refractivity contribution is -0.251. The minimum Gasteiger partial charge on any atom is -0.460 e. The van der Waals surface area contributed by atoms with Gasteiger partial charge in [-0.1, -0.05) is 46.8 Å². The Hall–Kier alpha value is -2.81. The van der Waals surface area contributed by atoms with Crippen LogP contribution < -0.4 is 10.6 Å². The number of hydrogen-bond acceptors (Lipinski definition) is 8. The second-order valence-corrected chi connectivity index (χ2v) is 19.0. The molecule has 52 heavy (non-hydrogen) atoms. The molecule has 10 atom stereocenters. The first-order valence-corrected chi connectivity index (χ1v) is 20.1. The molecule has 0 spiro atoms. The van der Waals surface area contributed by atoms with Crippen molar-refractivity contribution in [2.45, 2.75) is 139 Å². The molecule has 5 aliphatic rings. The minimum atomic E-state index is -0.490. The van der Waals surface area contributed by atoms with Crippen molar-refractivity contribution in [3.63, 3.8) is 0 Å². The number of aryl methyl sites for hydroxylation is 3. The standard InChI is InChI=1S/C43H66N4O5/c1-25(2)29-14-19-43(38(50)51-24-31-28(5)46-26(3)27(4)47-31)21-20-41(9)30(37(29)43)12-13-33-40(8)17-16-34(52-36(49)23-45-35(48)22-44-11)39(6,7)32(40)15-18-42(33,41)10/h29-30,32-34,37,44H,1,12-24H2,2-11H3,(H,45,48)/t29-,30+,32-,33+,34-,37+,40-,41+,42+,43-/m0/s1. The van der Waals surface area contributed by atoms with Gasteiger partial charge in [-0.25, -0.2) is 0 Å². The molecule has 0 saturated heterocycles. The van der Waals surface area contributed by atoms with Crippen LogP contribution in [-0.4, -0.2) is 54.1 Å². The molecule has 288 valence electrons. The van der Waals surface area contributed by atoms with Crippen LogP contribution in [-0.2, 0) is 30.5 Å². The fraction of sp³-hybridized carbons (Fsp3) is 0.791. The van der Waals surface area contributed by atoms with Gasteiger partial charge in [0.2, 0.25) is 5.91 Å². The predicted molar refractivity (Wildman–Crippen MR) is 202 cm³/mol. The summed E-state index contributed by atoms with van der Waals surface area (Å²) in [5.74, 6) is 1.33. The second kappa shape index (κ2) is 13.8. The smallest absolute Gasteiger partial charge is 0.325 e. The van der Waals surface area contributed by atoms with Gasteiger partial charge in [0.1, 0.15) is 19.3 Å². The summed E-state index contributed by atoms with van der Waals surface area (Å²) in [6.45, 7) is 25.2. The van der Waals surface area contributed by atoms with Crippen molar-refractivity contribution in [3.8, 4) is 0 Å². The first kappa shape index (κ1) is 38.9. The van der Waals surface area contributed by atoms with Gasteiger partial charge in [0.05, 0.1) is 34.7 Å². The Bertz CT molecular complexity index is 1610. The lowest BCUT2D eigenvalue weighted by Crippen LogP contribution is -2.67. The highest BCUT2D eigenvalue weighted by Crippen LogP contribution is 2.77. The molecule has 9 heteroatoms. The third kappa shape index (κ3) is 6.03. The van der Waals surface area contributed by atoms with Gasteiger partial charge in [-0.2, -0.15) is 0 Å². The van der Waals surface area contributed by atoms with E-state index < -0.39 is 5.41 Å². The molecule has 0 unspecified atom stereocenters. The number of fused-ring (bicyclic) bond motifs is 7. The van der Waals surface area contributed by atoms with Crippen molar-refractivity contribution >= 4 is 17.8 Å². The molecule has 6 rings (SSSR count). The second-order valence-electron chi connectivity index (χ2n) is 19.0. The van der Waals surface area contributed by atoms with Crippen LogP contribution in [0.2, 0.25) is 0 Å². The van der Waals surface area contributed by atoms with E-state index in [1.807, 2.05) is 20.8 Å². The van der Waals surface area contributed by atoms with Crippen LogP contribution in [0.5, 0.6) is 0 Å². The lowest BCUT2D eigenvalue weighted by atomic mass is 9.32. The molecular weight excluding hydrogens is 652 g/mol. The van der Waals surface area contributed by atoms with E-state index in [0.717, 1.165) is 87.0 Å². The van der Waals surface area contributed by atoms with Crippen LogP contribution in [0.3, 0.4) is 0 Å². The molecule has 1 aromatic rings.